The summed E-state index contributed by atoms with van der Waals surface area (Å²) in [6, 6.07) is 15.1. The van der Waals surface area contributed by atoms with E-state index in [1.165, 1.54) is 0 Å². The highest BCUT2D eigenvalue weighted by molar-refractivity contribution is 14.1. The van der Waals surface area contributed by atoms with E-state index >= 15 is 0 Å². The van der Waals surface area contributed by atoms with Gasteiger partial charge in [-0.3, -0.25) is 0 Å². The number of phenols is 1. The van der Waals surface area contributed by atoms with Gasteiger partial charge in [-0.15, -0.1) is 0 Å². The monoisotopic (exact) mass is 911 g/mol. The second-order valence-electron chi connectivity index (χ2n) is 7.03. The predicted octanol–water partition coefficient (Wildman–Crippen LogP) is 6.53. The number of aliphatic carboxylic acids is 1. The van der Waals surface area contributed by atoms with Crippen molar-refractivity contribution in [3.05, 3.63) is 80.0 Å². The number of carbonyl (C=O) groups excluding carboxylic acids is 1. The molecule has 1 atom stereocenters. The zero-order chi connectivity index (χ0) is 24.8. The van der Waals surface area contributed by atoms with Crippen molar-refractivity contribution in [2.24, 2.45) is 0 Å². The Morgan fingerprint density at radius 2 is 1.47 bits per heavy atom. The molecule has 1 amide bonds. The zero-order valence-electron chi connectivity index (χ0n) is 17.2. The predicted molar refractivity (Wildman–Crippen MR) is 160 cm³/mol. The van der Waals surface area contributed by atoms with Gasteiger partial charge in [0, 0.05) is 6.42 Å². The third kappa shape index (κ3) is 7.71. The van der Waals surface area contributed by atoms with Gasteiger partial charge in [0.25, 0.3) is 0 Å². The molecule has 3 N–H and O–H groups in total. The number of benzene rings is 3. The molecule has 0 aliphatic heterocycles. The molecule has 3 aromatic carbocycles. The number of alkyl carbamates (subject to hydrolysis) is 1. The van der Waals surface area contributed by atoms with Crippen molar-refractivity contribution in [3.63, 3.8) is 0 Å². The molecule has 0 aliphatic rings. The van der Waals surface area contributed by atoms with E-state index in [0.717, 1.165) is 18.3 Å². The smallest absolute Gasteiger partial charge is 0.408 e. The van der Waals surface area contributed by atoms with Gasteiger partial charge < -0.3 is 25.0 Å². The lowest BCUT2D eigenvalue weighted by Gasteiger charge is -2.17. The van der Waals surface area contributed by atoms with E-state index in [-0.39, 0.29) is 18.8 Å². The summed E-state index contributed by atoms with van der Waals surface area (Å²) in [5.74, 6) is 0.267. The molecule has 0 bridgehead atoms. The van der Waals surface area contributed by atoms with Crippen molar-refractivity contribution in [1.82, 2.24) is 5.32 Å². The van der Waals surface area contributed by atoms with Crippen LogP contribution in [0.25, 0.3) is 0 Å². The lowest BCUT2D eigenvalue weighted by Crippen LogP contribution is -2.42. The average Bonchev–Trinajstić information content (AvgIpc) is 2.78. The summed E-state index contributed by atoms with van der Waals surface area (Å²) < 4.78 is 14.1. The largest absolute Gasteiger partial charge is 0.506 e. The fraction of sp³-hybridized carbons (Fsp3) is 0.130. The molecule has 0 saturated carbocycles. The Balaban J connectivity index is 1.69. The summed E-state index contributed by atoms with van der Waals surface area (Å²) in [6.07, 6.45) is -0.714. The van der Waals surface area contributed by atoms with Gasteiger partial charge in [0.1, 0.15) is 24.1 Å². The second-order valence-corrected chi connectivity index (χ2v) is 11.7. The van der Waals surface area contributed by atoms with Crippen molar-refractivity contribution in [1.29, 1.82) is 0 Å². The van der Waals surface area contributed by atoms with Gasteiger partial charge in [0.2, 0.25) is 0 Å². The molecule has 3 rings (SSSR count). The molecule has 0 saturated heterocycles. The molecule has 178 valence electrons. The number of carboxylic acids is 1. The number of carboxylic acid groups (broad SMARTS) is 1. The molecule has 0 fully saturated rings. The number of carbonyl (C=O) groups is 2. The molecule has 0 aliphatic carbocycles. The van der Waals surface area contributed by atoms with Crippen LogP contribution in [0.1, 0.15) is 11.1 Å². The van der Waals surface area contributed by atoms with Crippen LogP contribution in [0.15, 0.2) is 54.6 Å². The van der Waals surface area contributed by atoms with Gasteiger partial charge >= 0.3 is 12.1 Å². The normalized spacial score (nSPS) is 11.5. The van der Waals surface area contributed by atoms with Crippen molar-refractivity contribution >= 4 is 102 Å². The molecule has 3 aromatic rings. The summed E-state index contributed by atoms with van der Waals surface area (Å²) in [5, 5.41) is 22.0. The van der Waals surface area contributed by atoms with Crippen LogP contribution in [0.2, 0.25) is 0 Å². The number of amides is 1. The molecule has 0 aromatic heterocycles. The zero-order valence-corrected chi connectivity index (χ0v) is 25.9. The minimum Gasteiger partial charge on any atom is -0.506 e. The fourth-order valence-electron chi connectivity index (χ4n) is 2.89. The SMILES string of the molecule is O=C(N[C@@H](Cc1cc(I)c(Oc2cc(I)c(O)c(I)c2)c(I)c1)C(=O)O)OCc1ccccc1. The average molecular weight is 911 g/mol. The highest BCUT2D eigenvalue weighted by Gasteiger charge is 2.23. The molecule has 34 heavy (non-hydrogen) atoms. The first kappa shape index (κ1) is 27.5. The van der Waals surface area contributed by atoms with Crippen LogP contribution in [0.5, 0.6) is 17.2 Å². The van der Waals surface area contributed by atoms with Gasteiger partial charge in [-0.1, -0.05) is 30.3 Å². The number of rotatable bonds is 8. The van der Waals surface area contributed by atoms with Gasteiger partial charge in [-0.25, -0.2) is 9.59 Å². The first-order valence-corrected chi connectivity index (χ1v) is 14.0. The Morgan fingerprint density at radius 3 is 2.03 bits per heavy atom. The maximum atomic E-state index is 12.2. The molecular weight excluding hydrogens is 894 g/mol. The molecule has 0 heterocycles. The maximum Gasteiger partial charge on any atom is 0.408 e. The third-order valence-corrected chi connectivity index (χ3v) is 7.76. The number of hydrogen-bond acceptors (Lipinski definition) is 5. The summed E-state index contributed by atoms with van der Waals surface area (Å²) in [4.78, 5) is 23.9. The summed E-state index contributed by atoms with van der Waals surface area (Å²) in [6.45, 7) is 0.0516. The Morgan fingerprint density at radius 1 is 0.882 bits per heavy atom. The Hall–Kier alpha value is -1.08. The van der Waals surface area contributed by atoms with Crippen LogP contribution in [0.3, 0.4) is 0 Å². The van der Waals surface area contributed by atoms with Crippen LogP contribution in [0.4, 0.5) is 4.79 Å². The lowest BCUT2D eigenvalue weighted by atomic mass is 10.1. The van der Waals surface area contributed by atoms with Gasteiger partial charge in [-0.05, 0) is 126 Å². The highest BCUT2D eigenvalue weighted by Crippen LogP contribution is 2.37. The Labute approximate surface area is 250 Å². The molecule has 7 nitrogen and oxygen atoms in total. The van der Waals surface area contributed by atoms with Gasteiger partial charge in [-0.2, -0.15) is 0 Å². The standard InChI is InChI=1S/C23H17I4NO6/c24-15-9-14(10-16(25)20(15)29)34-21-17(26)6-13(7-18(21)27)8-19(22(30)31)28-23(32)33-11-12-4-2-1-3-5-12/h1-7,9-10,19,29H,8,11H2,(H,28,32)(H,30,31)/t19-/m0/s1. The number of ether oxygens (including phenoxy) is 2. The van der Waals surface area contributed by atoms with Crippen LogP contribution in [0, 0.1) is 14.3 Å². The number of phenolic OH excluding ortho intramolecular Hbond substituents is 1. The molecule has 0 unspecified atom stereocenters. The quantitative estimate of drug-likeness (QED) is 0.223. The number of aromatic hydroxyl groups is 1. The van der Waals surface area contributed by atoms with Crippen LogP contribution in [-0.2, 0) is 22.6 Å². The van der Waals surface area contributed by atoms with E-state index in [0.29, 0.717) is 18.6 Å². The molecule has 0 spiro atoms. The summed E-state index contributed by atoms with van der Waals surface area (Å²) in [5.41, 5.74) is 1.54. The minimum absolute atomic E-state index is 0.0516. The molecule has 0 radical (unpaired) electrons. The first-order chi connectivity index (χ1) is 16.1. The summed E-state index contributed by atoms with van der Waals surface area (Å²) in [7, 11) is 0. The second kappa shape index (κ2) is 12.8. The molecule has 11 heteroatoms. The van der Waals surface area contributed by atoms with E-state index < -0.39 is 18.1 Å². The van der Waals surface area contributed by atoms with E-state index in [1.807, 2.05) is 87.6 Å². The topological polar surface area (TPSA) is 105 Å². The van der Waals surface area contributed by atoms with Crippen LogP contribution in [-0.4, -0.2) is 28.3 Å². The fourth-order valence-corrected chi connectivity index (χ4v) is 6.72. The van der Waals surface area contributed by atoms with Crippen molar-refractivity contribution in [3.8, 4) is 17.2 Å². The van der Waals surface area contributed by atoms with E-state index in [4.69, 9.17) is 9.47 Å². The van der Waals surface area contributed by atoms with Gasteiger partial charge in [0.15, 0.2) is 5.75 Å². The van der Waals surface area contributed by atoms with E-state index in [2.05, 4.69) is 50.5 Å². The number of hydrogen-bond donors (Lipinski definition) is 3. The third-order valence-electron chi connectivity index (χ3n) is 4.51. The van der Waals surface area contributed by atoms with E-state index in [9.17, 15) is 19.8 Å². The maximum absolute atomic E-state index is 12.2. The van der Waals surface area contributed by atoms with Crippen LogP contribution < -0.4 is 10.1 Å². The van der Waals surface area contributed by atoms with Crippen molar-refractivity contribution < 1.29 is 29.3 Å². The number of nitrogens with one attached hydrogen (secondary N) is 1. The lowest BCUT2D eigenvalue weighted by molar-refractivity contribution is -0.139. The Kier molecular flexibility index (Phi) is 10.3. The minimum atomic E-state index is -1.16. The molecular formula is C23H17I4NO6. The summed E-state index contributed by atoms with van der Waals surface area (Å²) >= 11 is 8.34. The highest BCUT2D eigenvalue weighted by atomic mass is 127. The van der Waals surface area contributed by atoms with Crippen molar-refractivity contribution in [2.45, 2.75) is 19.1 Å². The number of halogens is 4. The van der Waals surface area contributed by atoms with E-state index in [1.54, 1.807) is 12.1 Å². The van der Waals surface area contributed by atoms with Crippen molar-refractivity contribution in [2.75, 3.05) is 0 Å². The van der Waals surface area contributed by atoms with Gasteiger partial charge in [0.05, 0.1) is 14.3 Å². The Bertz CT molecular complexity index is 1160. The first-order valence-electron chi connectivity index (χ1n) is 9.68. The van der Waals surface area contributed by atoms with Crippen LogP contribution >= 0.6 is 90.4 Å².